The number of pyridine rings is 1. The number of aromatic amines is 1. The average Bonchev–Trinajstić information content (AvgIpc) is 3.10. The highest BCUT2D eigenvalue weighted by Gasteiger charge is 2.36. The first-order valence-corrected chi connectivity index (χ1v) is 9.43. The van der Waals surface area contributed by atoms with Gasteiger partial charge in [0.1, 0.15) is 16.4 Å². The molecule has 0 aromatic carbocycles. The van der Waals surface area contributed by atoms with Crippen molar-refractivity contribution in [1.29, 1.82) is 0 Å². The summed E-state index contributed by atoms with van der Waals surface area (Å²) in [6.07, 6.45) is -2.30. The van der Waals surface area contributed by atoms with Crippen molar-refractivity contribution in [1.82, 2.24) is 24.8 Å². The number of rotatable bonds is 3. The third-order valence-electron chi connectivity index (χ3n) is 4.88. The van der Waals surface area contributed by atoms with Crippen LogP contribution >= 0.6 is 11.6 Å². The number of halogens is 4. The number of piperidine rings is 1. The number of alkyl halides is 3. The Morgan fingerprint density at radius 2 is 2.13 bits per heavy atom. The van der Waals surface area contributed by atoms with E-state index < -0.39 is 17.8 Å². The summed E-state index contributed by atoms with van der Waals surface area (Å²) in [5, 5.41) is 12.8. The molecule has 30 heavy (non-hydrogen) atoms. The van der Waals surface area contributed by atoms with Gasteiger partial charge in [0.15, 0.2) is 0 Å². The Morgan fingerprint density at radius 1 is 1.33 bits per heavy atom. The highest BCUT2D eigenvalue weighted by Crippen LogP contribution is 2.38. The number of hydrogen-bond acceptors (Lipinski definition) is 5. The minimum atomic E-state index is -4.66. The monoisotopic (exact) mass is 440 g/mol. The fourth-order valence-electron chi connectivity index (χ4n) is 3.49. The van der Waals surface area contributed by atoms with Crippen LogP contribution in [-0.2, 0) is 6.18 Å². The summed E-state index contributed by atoms with van der Waals surface area (Å²) in [4.78, 5) is 27.3. The Hall–Kier alpha value is -3.08. The standard InChI is InChI=1S/C18H16ClF3N6O2/c19-13-4-3-10-11(6-23-15(10)26-13)14-12(18(20,21)22)7-24-16(27-14)25-9-2-1-5-28(8-9)17(29)30/h3-4,6-7,9H,1-2,5,8H2,(H,23,26)(H,29,30)(H,24,25,27)/t9-/m0/s1. The molecule has 12 heteroatoms. The highest BCUT2D eigenvalue weighted by molar-refractivity contribution is 6.29. The molecule has 0 aliphatic carbocycles. The minimum absolute atomic E-state index is 0.00786. The van der Waals surface area contributed by atoms with Crippen molar-refractivity contribution in [2.45, 2.75) is 25.1 Å². The molecule has 1 fully saturated rings. The molecule has 4 rings (SSSR count). The molecule has 1 amide bonds. The number of likely N-dealkylation sites (tertiary alicyclic amines) is 1. The van der Waals surface area contributed by atoms with Gasteiger partial charge in [-0.15, -0.1) is 0 Å². The zero-order chi connectivity index (χ0) is 21.5. The van der Waals surface area contributed by atoms with Gasteiger partial charge in [-0.1, -0.05) is 11.6 Å². The van der Waals surface area contributed by atoms with E-state index in [1.54, 1.807) is 6.07 Å². The van der Waals surface area contributed by atoms with E-state index in [0.29, 0.717) is 30.4 Å². The second-order valence-corrected chi connectivity index (χ2v) is 7.29. The van der Waals surface area contributed by atoms with Crippen molar-refractivity contribution < 1.29 is 23.1 Å². The van der Waals surface area contributed by atoms with Gasteiger partial charge in [-0.2, -0.15) is 13.2 Å². The van der Waals surface area contributed by atoms with Crippen LogP contribution in [-0.4, -0.2) is 55.2 Å². The first-order valence-electron chi connectivity index (χ1n) is 9.05. The molecule has 1 aliphatic rings. The molecule has 1 atom stereocenters. The summed E-state index contributed by atoms with van der Waals surface area (Å²) < 4.78 is 40.8. The average molecular weight is 441 g/mol. The maximum Gasteiger partial charge on any atom is 0.419 e. The summed E-state index contributed by atoms with van der Waals surface area (Å²) in [5.41, 5.74) is -0.744. The van der Waals surface area contributed by atoms with E-state index in [0.717, 1.165) is 6.20 Å². The number of hydrogen-bond donors (Lipinski definition) is 3. The number of anilines is 1. The van der Waals surface area contributed by atoms with Crippen molar-refractivity contribution in [3.8, 4) is 11.3 Å². The number of carboxylic acid groups (broad SMARTS) is 1. The normalized spacial score (nSPS) is 17.3. The zero-order valence-electron chi connectivity index (χ0n) is 15.4. The lowest BCUT2D eigenvalue weighted by Crippen LogP contribution is -2.44. The third-order valence-corrected chi connectivity index (χ3v) is 5.09. The van der Waals surface area contributed by atoms with Gasteiger partial charge in [0.05, 0.1) is 5.69 Å². The molecule has 0 radical (unpaired) electrons. The van der Waals surface area contributed by atoms with E-state index in [2.05, 4.69) is 25.3 Å². The second kappa shape index (κ2) is 7.63. The number of nitrogens with one attached hydrogen (secondary N) is 2. The van der Waals surface area contributed by atoms with Gasteiger partial charge in [0, 0.05) is 42.5 Å². The fourth-order valence-corrected chi connectivity index (χ4v) is 3.64. The van der Waals surface area contributed by atoms with Crippen LogP contribution in [0, 0.1) is 0 Å². The molecular formula is C18H16ClF3N6O2. The molecule has 1 aliphatic heterocycles. The van der Waals surface area contributed by atoms with Crippen LogP contribution in [0.3, 0.4) is 0 Å². The Kier molecular flexibility index (Phi) is 5.14. The first-order chi connectivity index (χ1) is 14.2. The van der Waals surface area contributed by atoms with Crippen molar-refractivity contribution in [3.05, 3.63) is 35.2 Å². The lowest BCUT2D eigenvalue weighted by atomic mass is 10.1. The molecule has 8 nitrogen and oxygen atoms in total. The Bertz CT molecular complexity index is 1100. The predicted octanol–water partition coefficient (Wildman–Crippen LogP) is 4.25. The van der Waals surface area contributed by atoms with Crippen molar-refractivity contribution in [2.75, 3.05) is 18.4 Å². The van der Waals surface area contributed by atoms with E-state index in [1.165, 1.54) is 17.2 Å². The Labute approximate surface area is 173 Å². The Morgan fingerprint density at radius 3 is 2.87 bits per heavy atom. The van der Waals surface area contributed by atoms with Gasteiger partial charge >= 0.3 is 12.3 Å². The largest absolute Gasteiger partial charge is 0.465 e. The van der Waals surface area contributed by atoms with Crippen LogP contribution in [0.25, 0.3) is 22.3 Å². The fraction of sp³-hybridized carbons (Fsp3) is 0.333. The van der Waals surface area contributed by atoms with E-state index in [9.17, 15) is 18.0 Å². The molecule has 1 saturated heterocycles. The summed E-state index contributed by atoms with van der Waals surface area (Å²) >= 11 is 5.85. The first kappa shape index (κ1) is 20.2. The molecule has 0 unspecified atom stereocenters. The van der Waals surface area contributed by atoms with Gasteiger partial charge in [-0.3, -0.25) is 0 Å². The molecule has 0 bridgehead atoms. The summed E-state index contributed by atoms with van der Waals surface area (Å²) in [7, 11) is 0. The summed E-state index contributed by atoms with van der Waals surface area (Å²) in [6.45, 7) is 0.613. The van der Waals surface area contributed by atoms with E-state index in [4.69, 9.17) is 16.7 Å². The van der Waals surface area contributed by atoms with Crippen LogP contribution < -0.4 is 5.32 Å². The van der Waals surface area contributed by atoms with Crippen LogP contribution in [0.15, 0.2) is 24.5 Å². The van der Waals surface area contributed by atoms with E-state index >= 15 is 0 Å². The molecule has 3 aromatic rings. The number of fused-ring (bicyclic) bond motifs is 1. The molecule has 3 N–H and O–H groups in total. The van der Waals surface area contributed by atoms with Gasteiger partial charge in [0.2, 0.25) is 5.95 Å². The van der Waals surface area contributed by atoms with Crippen LogP contribution in [0.2, 0.25) is 5.15 Å². The molecular weight excluding hydrogens is 425 g/mol. The summed E-state index contributed by atoms with van der Waals surface area (Å²) in [6, 6.07) is 2.75. The summed E-state index contributed by atoms with van der Waals surface area (Å²) in [5.74, 6) is -0.00786. The molecule has 158 valence electrons. The lowest BCUT2D eigenvalue weighted by Gasteiger charge is -2.31. The zero-order valence-corrected chi connectivity index (χ0v) is 16.1. The Balaban J connectivity index is 1.72. The quantitative estimate of drug-likeness (QED) is 0.526. The number of H-pyrrole nitrogens is 1. The third kappa shape index (κ3) is 3.97. The molecule has 3 aromatic heterocycles. The van der Waals surface area contributed by atoms with Gasteiger partial charge in [-0.25, -0.2) is 19.7 Å². The smallest absolute Gasteiger partial charge is 0.419 e. The topological polar surface area (TPSA) is 107 Å². The van der Waals surface area contributed by atoms with Crippen LogP contribution in [0.1, 0.15) is 18.4 Å². The van der Waals surface area contributed by atoms with Crippen LogP contribution in [0.4, 0.5) is 23.9 Å². The molecule has 4 heterocycles. The number of nitrogens with zero attached hydrogens (tertiary/aromatic N) is 4. The molecule has 0 saturated carbocycles. The van der Waals surface area contributed by atoms with Crippen molar-refractivity contribution in [3.63, 3.8) is 0 Å². The van der Waals surface area contributed by atoms with Gasteiger partial charge in [0.25, 0.3) is 0 Å². The lowest BCUT2D eigenvalue weighted by molar-refractivity contribution is -0.137. The van der Waals surface area contributed by atoms with E-state index in [-0.39, 0.29) is 34.9 Å². The van der Waals surface area contributed by atoms with Crippen molar-refractivity contribution >= 4 is 34.7 Å². The van der Waals surface area contributed by atoms with E-state index in [1.807, 2.05) is 0 Å². The predicted molar refractivity (Wildman–Crippen MR) is 103 cm³/mol. The van der Waals surface area contributed by atoms with Gasteiger partial charge in [-0.05, 0) is 25.0 Å². The highest BCUT2D eigenvalue weighted by atomic mass is 35.5. The number of carbonyl (C=O) groups is 1. The van der Waals surface area contributed by atoms with Gasteiger partial charge < -0.3 is 20.3 Å². The van der Waals surface area contributed by atoms with Crippen molar-refractivity contribution in [2.24, 2.45) is 0 Å². The SMILES string of the molecule is O=C(O)N1CCC[C@H](Nc2ncc(C(F)(F)F)c(-c3c[nH]c4nc(Cl)ccc34)n2)C1. The number of amides is 1. The molecule has 0 spiro atoms. The van der Waals surface area contributed by atoms with Crippen LogP contribution in [0.5, 0.6) is 0 Å². The maximum atomic E-state index is 13.6. The minimum Gasteiger partial charge on any atom is -0.465 e. The maximum absolute atomic E-state index is 13.6. The second-order valence-electron chi connectivity index (χ2n) is 6.90. The number of aromatic nitrogens is 4.